The Morgan fingerprint density at radius 1 is 0.804 bits per heavy atom. The topological polar surface area (TPSA) is 104 Å². The maximum absolute atomic E-state index is 13.5. The van der Waals surface area contributed by atoms with E-state index >= 15 is 0 Å². The van der Waals surface area contributed by atoms with Crippen molar-refractivity contribution < 1.29 is 4.79 Å². The van der Waals surface area contributed by atoms with Gasteiger partial charge in [0.1, 0.15) is 5.82 Å². The standard InChI is InChI=1S/C36H31Cl2N7O/c37-29-14-12-23(17-30(29)38)22-45-34(15-13-24-20-40-31-10-3-1-8-27(24)31)43-44-36(45)33(42-35(46)19-26-7-5-6-16-39-26)18-25-21-41-32-11-4-2-9-28(25)32/h1-12,14,16-17,20-21,33,40-41H,13,15,18-19,22H2,(H,42,46). The van der Waals surface area contributed by atoms with Crippen LogP contribution in [0.3, 0.4) is 0 Å². The molecule has 0 spiro atoms. The zero-order valence-electron chi connectivity index (χ0n) is 24.9. The number of nitrogens with one attached hydrogen (secondary N) is 3. The zero-order valence-corrected chi connectivity index (χ0v) is 26.4. The van der Waals surface area contributed by atoms with E-state index in [1.54, 1.807) is 12.3 Å². The molecule has 1 atom stereocenters. The second-order valence-corrected chi connectivity index (χ2v) is 12.2. The number of pyridine rings is 1. The van der Waals surface area contributed by atoms with Crippen LogP contribution in [0.15, 0.2) is 104 Å². The summed E-state index contributed by atoms with van der Waals surface area (Å²) in [7, 11) is 0. The summed E-state index contributed by atoms with van der Waals surface area (Å²) in [6, 6.07) is 27.2. The third-order valence-corrected chi connectivity index (χ3v) is 9.03. The first kappa shape index (κ1) is 29.8. The summed E-state index contributed by atoms with van der Waals surface area (Å²) in [5, 5.41) is 16.0. The van der Waals surface area contributed by atoms with Crippen molar-refractivity contribution >= 4 is 50.9 Å². The smallest absolute Gasteiger partial charge is 0.226 e. The number of nitrogens with zero attached hydrogens (tertiary/aromatic N) is 4. The molecule has 0 aliphatic rings. The molecule has 7 rings (SSSR count). The summed E-state index contributed by atoms with van der Waals surface area (Å²) in [6.45, 7) is 0.461. The third-order valence-electron chi connectivity index (χ3n) is 8.29. The Kier molecular flexibility index (Phi) is 8.55. The molecule has 0 saturated carbocycles. The minimum absolute atomic E-state index is 0.145. The summed E-state index contributed by atoms with van der Waals surface area (Å²) in [5.74, 6) is 1.34. The molecule has 3 aromatic carbocycles. The highest BCUT2D eigenvalue weighted by Crippen LogP contribution is 2.28. The van der Waals surface area contributed by atoms with Gasteiger partial charge in [0, 0.05) is 58.9 Å². The molecular weight excluding hydrogens is 617 g/mol. The van der Waals surface area contributed by atoms with Crippen LogP contribution in [0.4, 0.5) is 0 Å². The monoisotopic (exact) mass is 647 g/mol. The van der Waals surface area contributed by atoms with Crippen LogP contribution in [0.2, 0.25) is 10.0 Å². The average molecular weight is 649 g/mol. The van der Waals surface area contributed by atoms with Gasteiger partial charge in [0.15, 0.2) is 5.82 Å². The summed E-state index contributed by atoms with van der Waals surface area (Å²) < 4.78 is 2.11. The van der Waals surface area contributed by atoms with Crippen LogP contribution in [0.25, 0.3) is 21.8 Å². The molecule has 46 heavy (non-hydrogen) atoms. The molecule has 0 aliphatic carbocycles. The van der Waals surface area contributed by atoms with Crippen LogP contribution in [0.1, 0.15) is 40.1 Å². The van der Waals surface area contributed by atoms with E-state index in [-0.39, 0.29) is 12.3 Å². The second kappa shape index (κ2) is 13.2. The number of halogens is 2. The lowest BCUT2D eigenvalue weighted by molar-refractivity contribution is -0.121. The van der Waals surface area contributed by atoms with Crippen molar-refractivity contribution in [3.63, 3.8) is 0 Å². The van der Waals surface area contributed by atoms with Crippen molar-refractivity contribution in [1.82, 2.24) is 35.0 Å². The van der Waals surface area contributed by atoms with E-state index in [0.29, 0.717) is 40.9 Å². The Balaban J connectivity index is 1.26. The van der Waals surface area contributed by atoms with E-state index in [2.05, 4.69) is 49.2 Å². The van der Waals surface area contributed by atoms with E-state index in [9.17, 15) is 4.79 Å². The Morgan fingerprint density at radius 3 is 2.26 bits per heavy atom. The van der Waals surface area contributed by atoms with Gasteiger partial charge in [-0.25, -0.2) is 0 Å². The third kappa shape index (κ3) is 6.40. The highest BCUT2D eigenvalue weighted by molar-refractivity contribution is 6.42. The molecule has 0 bridgehead atoms. The van der Waals surface area contributed by atoms with Gasteiger partial charge in [0.2, 0.25) is 5.91 Å². The first-order chi connectivity index (χ1) is 22.5. The van der Waals surface area contributed by atoms with Gasteiger partial charge in [-0.1, -0.05) is 71.7 Å². The molecule has 4 aromatic heterocycles. The van der Waals surface area contributed by atoms with Crippen molar-refractivity contribution in [2.24, 2.45) is 0 Å². The lowest BCUT2D eigenvalue weighted by Crippen LogP contribution is -2.33. The van der Waals surface area contributed by atoms with E-state index < -0.39 is 6.04 Å². The van der Waals surface area contributed by atoms with Crippen LogP contribution in [0.5, 0.6) is 0 Å². The Morgan fingerprint density at radius 2 is 1.52 bits per heavy atom. The number of aromatic amines is 2. The summed E-state index contributed by atoms with van der Waals surface area (Å²) in [4.78, 5) is 24.6. The van der Waals surface area contributed by atoms with Gasteiger partial charge in [-0.2, -0.15) is 0 Å². The van der Waals surface area contributed by atoms with E-state index in [1.165, 1.54) is 10.9 Å². The van der Waals surface area contributed by atoms with Crippen molar-refractivity contribution in [2.45, 2.75) is 38.3 Å². The lowest BCUT2D eigenvalue weighted by atomic mass is 10.0. The highest BCUT2D eigenvalue weighted by atomic mass is 35.5. The first-order valence-corrected chi connectivity index (χ1v) is 15.9. The van der Waals surface area contributed by atoms with Gasteiger partial charge >= 0.3 is 0 Å². The number of H-pyrrole nitrogens is 2. The van der Waals surface area contributed by atoms with Crippen molar-refractivity contribution in [3.05, 3.63) is 148 Å². The van der Waals surface area contributed by atoms with Crippen molar-refractivity contribution in [2.75, 3.05) is 0 Å². The molecule has 4 heterocycles. The molecule has 10 heteroatoms. The number of carbonyl (C=O) groups is 1. The molecule has 0 fully saturated rings. The molecule has 1 amide bonds. The van der Waals surface area contributed by atoms with Crippen LogP contribution in [0, 0.1) is 0 Å². The van der Waals surface area contributed by atoms with Crippen LogP contribution >= 0.6 is 23.2 Å². The fraction of sp³-hybridized carbons (Fsp3) is 0.167. The quantitative estimate of drug-likeness (QED) is 0.136. The molecule has 1 unspecified atom stereocenters. The Bertz CT molecular complexity index is 2130. The number of para-hydroxylation sites is 2. The number of aromatic nitrogens is 6. The number of aryl methyl sites for hydroxylation is 2. The predicted octanol–water partition coefficient (Wildman–Crippen LogP) is 7.42. The van der Waals surface area contributed by atoms with Crippen LogP contribution in [-0.4, -0.2) is 35.6 Å². The summed E-state index contributed by atoms with van der Waals surface area (Å²) in [6.07, 6.45) is 7.84. The number of benzene rings is 3. The van der Waals surface area contributed by atoms with E-state index in [4.69, 9.17) is 33.4 Å². The minimum atomic E-state index is -0.465. The van der Waals surface area contributed by atoms with Gasteiger partial charge in [0.05, 0.1) is 29.1 Å². The van der Waals surface area contributed by atoms with Gasteiger partial charge in [-0.05, 0) is 59.5 Å². The summed E-state index contributed by atoms with van der Waals surface area (Å²) >= 11 is 12.7. The zero-order chi connectivity index (χ0) is 31.5. The maximum Gasteiger partial charge on any atom is 0.226 e. The van der Waals surface area contributed by atoms with Crippen LogP contribution < -0.4 is 5.32 Å². The van der Waals surface area contributed by atoms with Crippen molar-refractivity contribution in [3.8, 4) is 0 Å². The van der Waals surface area contributed by atoms with Gasteiger partial charge in [-0.3, -0.25) is 9.78 Å². The number of fused-ring (bicyclic) bond motifs is 2. The summed E-state index contributed by atoms with van der Waals surface area (Å²) in [5.41, 5.74) is 6.07. The van der Waals surface area contributed by atoms with E-state index in [1.807, 2.05) is 66.9 Å². The molecule has 0 radical (unpaired) electrons. The van der Waals surface area contributed by atoms with Gasteiger partial charge < -0.3 is 19.9 Å². The highest BCUT2D eigenvalue weighted by Gasteiger charge is 2.25. The molecule has 230 valence electrons. The molecule has 8 nitrogen and oxygen atoms in total. The first-order valence-electron chi connectivity index (χ1n) is 15.2. The SMILES string of the molecule is O=C(Cc1ccccn1)NC(Cc1c[nH]c2ccccc12)c1nnc(CCc2c[nH]c3ccccc23)n1Cc1ccc(Cl)c(Cl)c1. The van der Waals surface area contributed by atoms with E-state index in [0.717, 1.165) is 39.8 Å². The number of carbonyl (C=O) groups excluding carboxylic acids is 1. The lowest BCUT2D eigenvalue weighted by Gasteiger charge is -2.20. The van der Waals surface area contributed by atoms with Gasteiger partial charge in [0.25, 0.3) is 0 Å². The Labute approximate surface area is 275 Å². The maximum atomic E-state index is 13.5. The number of hydrogen-bond donors (Lipinski definition) is 3. The number of amides is 1. The molecule has 3 N–H and O–H groups in total. The molecular formula is C36H31Cl2N7O. The minimum Gasteiger partial charge on any atom is -0.361 e. The van der Waals surface area contributed by atoms with Crippen LogP contribution in [-0.2, 0) is 37.0 Å². The molecule has 0 saturated heterocycles. The van der Waals surface area contributed by atoms with Crippen molar-refractivity contribution in [1.29, 1.82) is 0 Å². The number of rotatable bonds is 11. The van der Waals surface area contributed by atoms with Gasteiger partial charge in [-0.15, -0.1) is 10.2 Å². The normalized spacial score (nSPS) is 12.1. The predicted molar refractivity (Wildman–Crippen MR) is 182 cm³/mol. The molecule has 0 aliphatic heterocycles. The Hall–Kier alpha value is -4.92. The second-order valence-electron chi connectivity index (χ2n) is 11.4. The average Bonchev–Trinajstić information content (AvgIpc) is 3.79. The molecule has 7 aromatic rings. The largest absolute Gasteiger partial charge is 0.361 e. The fourth-order valence-corrected chi connectivity index (χ4v) is 6.33. The fourth-order valence-electron chi connectivity index (χ4n) is 6.01. The number of hydrogen-bond acceptors (Lipinski definition) is 4.